The summed E-state index contributed by atoms with van der Waals surface area (Å²) in [5.41, 5.74) is 0.952. The van der Waals surface area contributed by atoms with Gasteiger partial charge in [0.15, 0.2) is 0 Å². The zero-order valence-corrected chi connectivity index (χ0v) is 14.7. The summed E-state index contributed by atoms with van der Waals surface area (Å²) >= 11 is 1.72. The van der Waals surface area contributed by atoms with Crippen LogP contribution in [0.1, 0.15) is 23.5 Å². The molecule has 0 aliphatic carbocycles. The van der Waals surface area contributed by atoms with Crippen LogP contribution in [0.2, 0.25) is 0 Å². The Balaban J connectivity index is 1.45. The Labute approximate surface area is 145 Å². The van der Waals surface area contributed by atoms with E-state index in [0.717, 1.165) is 44.8 Å². The molecule has 6 nitrogen and oxygen atoms in total. The topological polar surface area (TPSA) is 60.4 Å². The number of aromatic nitrogens is 3. The predicted octanol–water partition coefficient (Wildman–Crippen LogP) is 2.30. The first-order valence-electron chi connectivity index (χ1n) is 8.38. The lowest BCUT2D eigenvalue weighted by atomic mass is 9.77. The monoisotopic (exact) mass is 346 g/mol. The fourth-order valence-corrected chi connectivity index (χ4v) is 4.37. The molecule has 0 unspecified atom stereocenters. The molecule has 0 N–H and O–H groups in total. The molecule has 0 spiro atoms. The summed E-state index contributed by atoms with van der Waals surface area (Å²) in [6, 6.07) is 2.34. The maximum atomic E-state index is 6.00. The van der Waals surface area contributed by atoms with Crippen LogP contribution in [0.5, 0.6) is 6.01 Å². The van der Waals surface area contributed by atoms with Crippen LogP contribution in [-0.4, -0.2) is 52.3 Å². The highest BCUT2D eigenvalue weighted by Gasteiger charge is 2.48. The quantitative estimate of drug-likeness (QED) is 0.828. The number of nitrogens with zero attached hydrogens (tertiary/aromatic N) is 4. The summed E-state index contributed by atoms with van der Waals surface area (Å²) in [4.78, 5) is 15.5. The van der Waals surface area contributed by atoms with Crippen LogP contribution in [0.25, 0.3) is 0 Å². The standard InChI is InChI=1S/C17H22N4O2S/c1-13-2-5-19-16(20-13)23-12-17-4-8-22-14(17)3-7-21(11-17)10-15-18-6-9-24-15/h2,5-6,9,14H,3-4,7-8,10-12H2,1H3/t14-,17+/m0/s1. The highest BCUT2D eigenvalue weighted by Crippen LogP contribution is 2.41. The molecule has 7 heteroatoms. The van der Waals surface area contributed by atoms with Crippen LogP contribution in [0.15, 0.2) is 23.8 Å². The van der Waals surface area contributed by atoms with E-state index in [-0.39, 0.29) is 11.5 Å². The van der Waals surface area contributed by atoms with Gasteiger partial charge in [-0.05, 0) is 25.8 Å². The fourth-order valence-electron chi connectivity index (χ4n) is 3.71. The van der Waals surface area contributed by atoms with Crippen molar-refractivity contribution < 1.29 is 9.47 Å². The largest absolute Gasteiger partial charge is 0.463 e. The van der Waals surface area contributed by atoms with E-state index in [9.17, 15) is 0 Å². The Bertz CT molecular complexity index is 681. The molecule has 24 heavy (non-hydrogen) atoms. The molecular formula is C17H22N4O2S. The number of fused-ring (bicyclic) bond motifs is 1. The van der Waals surface area contributed by atoms with E-state index in [1.807, 2.05) is 24.6 Å². The Hall–Kier alpha value is -1.57. The van der Waals surface area contributed by atoms with Crippen molar-refractivity contribution in [3.8, 4) is 6.01 Å². The molecule has 0 aromatic carbocycles. The molecule has 0 bridgehead atoms. The maximum Gasteiger partial charge on any atom is 0.316 e. The third-order valence-electron chi connectivity index (χ3n) is 4.95. The summed E-state index contributed by atoms with van der Waals surface area (Å²) in [7, 11) is 0. The Morgan fingerprint density at radius 3 is 3.21 bits per heavy atom. The SMILES string of the molecule is Cc1ccnc(OC[C@]23CCO[C@H]2CCN(Cc2nccs2)C3)n1. The number of rotatable bonds is 5. The maximum absolute atomic E-state index is 6.00. The Kier molecular flexibility index (Phi) is 4.47. The molecular weight excluding hydrogens is 324 g/mol. The molecule has 0 radical (unpaired) electrons. The van der Waals surface area contributed by atoms with Crippen LogP contribution in [-0.2, 0) is 11.3 Å². The average Bonchev–Trinajstić information content (AvgIpc) is 3.22. The number of hydrogen-bond acceptors (Lipinski definition) is 7. The lowest BCUT2D eigenvalue weighted by Crippen LogP contribution is -2.52. The van der Waals surface area contributed by atoms with E-state index in [0.29, 0.717) is 12.6 Å². The van der Waals surface area contributed by atoms with Crippen LogP contribution in [0.4, 0.5) is 0 Å². The molecule has 0 amide bonds. The number of piperidine rings is 1. The van der Waals surface area contributed by atoms with E-state index in [2.05, 4.69) is 19.9 Å². The van der Waals surface area contributed by atoms with E-state index in [1.165, 1.54) is 5.01 Å². The van der Waals surface area contributed by atoms with Gasteiger partial charge >= 0.3 is 6.01 Å². The second-order valence-electron chi connectivity index (χ2n) is 6.67. The smallest absolute Gasteiger partial charge is 0.316 e. The Morgan fingerprint density at radius 2 is 2.38 bits per heavy atom. The van der Waals surface area contributed by atoms with E-state index < -0.39 is 0 Å². The summed E-state index contributed by atoms with van der Waals surface area (Å²) in [5.74, 6) is 0. The molecule has 4 heterocycles. The number of ether oxygens (including phenoxy) is 2. The predicted molar refractivity (Wildman–Crippen MR) is 91.1 cm³/mol. The van der Waals surface area contributed by atoms with E-state index in [1.54, 1.807) is 17.5 Å². The van der Waals surface area contributed by atoms with E-state index in [4.69, 9.17) is 9.47 Å². The summed E-state index contributed by atoms with van der Waals surface area (Å²) < 4.78 is 12.0. The van der Waals surface area contributed by atoms with Gasteiger partial charge in [0, 0.05) is 48.6 Å². The van der Waals surface area contributed by atoms with Gasteiger partial charge in [-0.15, -0.1) is 11.3 Å². The molecule has 128 valence electrons. The average molecular weight is 346 g/mol. The van der Waals surface area contributed by atoms with Crippen molar-refractivity contribution in [1.82, 2.24) is 19.9 Å². The lowest BCUT2D eigenvalue weighted by molar-refractivity contribution is -0.0427. The molecule has 2 aromatic heterocycles. The van der Waals surface area contributed by atoms with Crippen molar-refractivity contribution in [2.24, 2.45) is 5.41 Å². The number of aryl methyl sites for hydroxylation is 1. The van der Waals surface area contributed by atoms with E-state index >= 15 is 0 Å². The second-order valence-corrected chi connectivity index (χ2v) is 7.65. The summed E-state index contributed by atoms with van der Waals surface area (Å²) in [6.45, 7) is 6.30. The number of likely N-dealkylation sites (tertiary alicyclic amines) is 1. The molecule has 2 atom stereocenters. The highest BCUT2D eigenvalue weighted by molar-refractivity contribution is 7.09. The molecule has 2 aliphatic heterocycles. The minimum Gasteiger partial charge on any atom is -0.463 e. The van der Waals surface area contributed by atoms with Crippen molar-refractivity contribution in [2.75, 3.05) is 26.3 Å². The second kappa shape index (κ2) is 6.74. The molecule has 0 saturated carbocycles. The van der Waals surface area contributed by atoms with Gasteiger partial charge in [-0.2, -0.15) is 0 Å². The number of hydrogen-bond donors (Lipinski definition) is 0. The van der Waals surface area contributed by atoms with Crippen molar-refractivity contribution in [3.05, 3.63) is 34.5 Å². The minimum atomic E-state index is 0.0304. The zero-order valence-electron chi connectivity index (χ0n) is 13.9. The molecule has 2 fully saturated rings. The normalized spacial score (nSPS) is 27.1. The first kappa shape index (κ1) is 15.9. The summed E-state index contributed by atoms with van der Waals surface area (Å²) in [6.07, 6.45) is 5.96. The molecule has 4 rings (SSSR count). The number of thiazole rings is 1. The fraction of sp³-hybridized carbons (Fsp3) is 0.588. The third-order valence-corrected chi connectivity index (χ3v) is 5.72. The minimum absolute atomic E-state index is 0.0304. The molecule has 2 saturated heterocycles. The first-order chi connectivity index (χ1) is 11.7. The first-order valence-corrected chi connectivity index (χ1v) is 9.26. The van der Waals surface area contributed by atoms with Crippen molar-refractivity contribution in [3.63, 3.8) is 0 Å². The third kappa shape index (κ3) is 3.29. The van der Waals surface area contributed by atoms with Gasteiger partial charge in [0.05, 0.1) is 12.6 Å². The summed E-state index contributed by atoms with van der Waals surface area (Å²) in [5, 5.41) is 3.21. The van der Waals surface area contributed by atoms with Crippen molar-refractivity contribution in [1.29, 1.82) is 0 Å². The lowest BCUT2D eigenvalue weighted by Gasteiger charge is -2.42. The van der Waals surface area contributed by atoms with Gasteiger partial charge in [-0.3, -0.25) is 4.90 Å². The van der Waals surface area contributed by atoms with Crippen LogP contribution >= 0.6 is 11.3 Å². The highest BCUT2D eigenvalue weighted by atomic mass is 32.1. The Morgan fingerprint density at radius 1 is 1.42 bits per heavy atom. The van der Waals surface area contributed by atoms with Gasteiger partial charge in [0.2, 0.25) is 0 Å². The van der Waals surface area contributed by atoms with Crippen LogP contribution in [0, 0.1) is 12.3 Å². The van der Waals surface area contributed by atoms with Gasteiger partial charge < -0.3 is 9.47 Å². The van der Waals surface area contributed by atoms with Gasteiger partial charge in [-0.1, -0.05) is 0 Å². The molecule has 2 aromatic rings. The van der Waals surface area contributed by atoms with Crippen LogP contribution < -0.4 is 4.74 Å². The van der Waals surface area contributed by atoms with Crippen molar-refractivity contribution in [2.45, 2.75) is 32.4 Å². The van der Waals surface area contributed by atoms with Crippen molar-refractivity contribution >= 4 is 11.3 Å². The van der Waals surface area contributed by atoms with Gasteiger partial charge in [-0.25, -0.2) is 15.0 Å². The van der Waals surface area contributed by atoms with Crippen LogP contribution in [0.3, 0.4) is 0 Å². The zero-order chi connectivity index (χ0) is 16.4. The van der Waals surface area contributed by atoms with Gasteiger partial charge in [0.25, 0.3) is 0 Å². The van der Waals surface area contributed by atoms with Gasteiger partial charge in [0.1, 0.15) is 11.6 Å². The molecule has 2 aliphatic rings.